The van der Waals surface area contributed by atoms with Gasteiger partial charge in [0.15, 0.2) is 0 Å². The number of hydrogen-bond acceptors (Lipinski definition) is 5. The molecule has 0 fully saturated rings. The molecule has 5 aromatic rings. The molecule has 7 heteroatoms. The van der Waals surface area contributed by atoms with Crippen LogP contribution in [0.3, 0.4) is 0 Å². The van der Waals surface area contributed by atoms with Gasteiger partial charge in [-0.05, 0) is 55.3 Å². The van der Waals surface area contributed by atoms with E-state index in [0.29, 0.717) is 10.1 Å². The number of ether oxygens (including phenoxy) is 1. The van der Waals surface area contributed by atoms with E-state index in [4.69, 9.17) is 4.74 Å². The van der Waals surface area contributed by atoms with Crippen LogP contribution < -0.4 is 4.74 Å². The molecule has 0 aliphatic carbocycles. The van der Waals surface area contributed by atoms with Gasteiger partial charge < -0.3 is 4.74 Å². The predicted octanol–water partition coefficient (Wildman–Crippen LogP) is 5.91. The Balaban J connectivity index is 1.26. The van der Waals surface area contributed by atoms with E-state index in [-0.39, 0.29) is 0 Å². The van der Waals surface area contributed by atoms with E-state index < -0.39 is 10.8 Å². The standard InChI is InChI=1S/C25H21N3O2S2/c1-18-7-11-21(12-8-18)30-22-13-9-20(10-14-22)23-17-28-24(26-23)31-25(27-28)32(29)16-15-19-5-3-2-4-6-19/h2-14,17H,15-16H2,1H3. The maximum atomic E-state index is 12.7. The van der Waals surface area contributed by atoms with Crippen molar-refractivity contribution in [3.63, 3.8) is 0 Å². The third kappa shape index (κ3) is 4.64. The van der Waals surface area contributed by atoms with Crippen LogP contribution in [0, 0.1) is 6.92 Å². The number of hydrogen-bond donors (Lipinski definition) is 0. The minimum absolute atomic E-state index is 0.552. The Morgan fingerprint density at radius 1 is 0.938 bits per heavy atom. The van der Waals surface area contributed by atoms with E-state index in [2.05, 4.69) is 29.1 Å². The fourth-order valence-corrected chi connectivity index (χ4v) is 5.53. The lowest BCUT2D eigenvalue weighted by atomic mass is 10.1. The number of aryl methyl sites for hydroxylation is 2. The summed E-state index contributed by atoms with van der Waals surface area (Å²) >= 11 is 1.38. The number of nitrogens with zero attached hydrogens (tertiary/aromatic N) is 3. The van der Waals surface area contributed by atoms with Crippen LogP contribution in [0.15, 0.2) is 89.4 Å². The molecule has 0 spiro atoms. The van der Waals surface area contributed by atoms with Gasteiger partial charge in [-0.15, -0.1) is 5.10 Å². The maximum Gasteiger partial charge on any atom is 0.213 e. The van der Waals surface area contributed by atoms with Crippen LogP contribution in [0.25, 0.3) is 16.2 Å². The minimum atomic E-state index is -1.14. The molecule has 1 unspecified atom stereocenters. The van der Waals surface area contributed by atoms with Gasteiger partial charge in [-0.3, -0.25) is 4.21 Å². The highest BCUT2D eigenvalue weighted by Crippen LogP contribution is 2.27. The van der Waals surface area contributed by atoms with Crippen LogP contribution in [-0.2, 0) is 17.2 Å². The number of benzene rings is 3. The summed E-state index contributed by atoms with van der Waals surface area (Å²) in [6.45, 7) is 2.05. The van der Waals surface area contributed by atoms with Gasteiger partial charge in [0.25, 0.3) is 0 Å². The second kappa shape index (κ2) is 9.06. The fraction of sp³-hybridized carbons (Fsp3) is 0.120. The molecule has 1 atom stereocenters. The molecular weight excluding hydrogens is 438 g/mol. The molecule has 0 amide bonds. The third-order valence-corrected chi connectivity index (χ3v) is 7.62. The Hall–Kier alpha value is -3.29. The Bertz CT molecular complexity index is 1330. The van der Waals surface area contributed by atoms with Gasteiger partial charge >= 0.3 is 0 Å². The van der Waals surface area contributed by atoms with Gasteiger partial charge in [0.05, 0.1) is 22.7 Å². The number of imidazole rings is 1. The van der Waals surface area contributed by atoms with Crippen LogP contribution in [0.2, 0.25) is 0 Å². The highest BCUT2D eigenvalue weighted by atomic mass is 32.2. The zero-order valence-electron chi connectivity index (χ0n) is 17.5. The first-order valence-electron chi connectivity index (χ1n) is 10.3. The van der Waals surface area contributed by atoms with Crippen molar-refractivity contribution in [1.82, 2.24) is 14.6 Å². The first kappa shape index (κ1) is 20.6. The quantitative estimate of drug-likeness (QED) is 0.304. The van der Waals surface area contributed by atoms with Gasteiger partial charge in [-0.2, -0.15) is 0 Å². The van der Waals surface area contributed by atoms with Crippen LogP contribution in [0.4, 0.5) is 0 Å². The van der Waals surface area contributed by atoms with E-state index in [1.165, 1.54) is 22.5 Å². The predicted molar refractivity (Wildman–Crippen MR) is 129 cm³/mol. The van der Waals surface area contributed by atoms with Crippen molar-refractivity contribution in [1.29, 1.82) is 0 Å². The van der Waals surface area contributed by atoms with Crippen molar-refractivity contribution < 1.29 is 8.95 Å². The van der Waals surface area contributed by atoms with Gasteiger partial charge in [-0.25, -0.2) is 9.50 Å². The molecule has 160 valence electrons. The highest BCUT2D eigenvalue weighted by molar-refractivity contribution is 7.87. The molecule has 0 saturated carbocycles. The van der Waals surface area contributed by atoms with Crippen LogP contribution in [0.1, 0.15) is 11.1 Å². The number of fused-ring (bicyclic) bond motifs is 1. The summed E-state index contributed by atoms with van der Waals surface area (Å²) in [5, 5.41) is 4.50. The molecule has 0 aliphatic heterocycles. The summed E-state index contributed by atoms with van der Waals surface area (Å²) in [5.74, 6) is 2.13. The summed E-state index contributed by atoms with van der Waals surface area (Å²) in [4.78, 5) is 5.41. The molecule has 5 rings (SSSR count). The lowest BCUT2D eigenvalue weighted by Gasteiger charge is -2.06. The maximum absolute atomic E-state index is 12.7. The van der Waals surface area contributed by atoms with Crippen LogP contribution in [-0.4, -0.2) is 24.6 Å². The van der Waals surface area contributed by atoms with Gasteiger partial charge in [0, 0.05) is 11.3 Å². The molecule has 2 heterocycles. The Kier molecular flexibility index (Phi) is 5.83. The van der Waals surface area contributed by atoms with Gasteiger partial charge in [0.1, 0.15) is 11.5 Å². The van der Waals surface area contributed by atoms with E-state index in [1.54, 1.807) is 4.52 Å². The summed E-state index contributed by atoms with van der Waals surface area (Å²) < 4.78 is 20.9. The number of aromatic nitrogens is 3. The normalized spacial score (nSPS) is 12.2. The zero-order chi connectivity index (χ0) is 21.9. The monoisotopic (exact) mass is 459 g/mol. The lowest BCUT2D eigenvalue weighted by Crippen LogP contribution is -2.01. The second-order valence-electron chi connectivity index (χ2n) is 7.45. The van der Waals surface area contributed by atoms with Crippen molar-refractivity contribution in [2.45, 2.75) is 17.7 Å². The molecule has 0 saturated heterocycles. The first-order valence-corrected chi connectivity index (χ1v) is 12.4. The first-order chi connectivity index (χ1) is 15.6. The Labute approximate surface area is 192 Å². The third-order valence-electron chi connectivity index (χ3n) is 5.05. The molecule has 0 bridgehead atoms. The summed E-state index contributed by atoms with van der Waals surface area (Å²) in [6, 6.07) is 25.9. The number of rotatable bonds is 7. The summed E-state index contributed by atoms with van der Waals surface area (Å²) in [5.41, 5.74) is 4.18. The lowest BCUT2D eigenvalue weighted by molar-refractivity contribution is 0.482. The van der Waals surface area contributed by atoms with Gasteiger partial charge in [-0.1, -0.05) is 59.4 Å². The second-order valence-corrected chi connectivity index (χ2v) is 10.1. The molecule has 0 aliphatic rings. The van der Waals surface area contributed by atoms with E-state index >= 15 is 0 Å². The van der Waals surface area contributed by atoms with Crippen molar-refractivity contribution in [2.24, 2.45) is 0 Å². The Morgan fingerprint density at radius 3 is 2.31 bits per heavy atom. The van der Waals surface area contributed by atoms with Gasteiger partial charge in [0.2, 0.25) is 9.30 Å². The van der Waals surface area contributed by atoms with Crippen molar-refractivity contribution in [2.75, 3.05) is 5.75 Å². The molecule has 32 heavy (non-hydrogen) atoms. The summed E-state index contributed by atoms with van der Waals surface area (Å²) in [6.07, 6.45) is 2.64. The minimum Gasteiger partial charge on any atom is -0.457 e. The topological polar surface area (TPSA) is 56.5 Å². The largest absolute Gasteiger partial charge is 0.457 e. The van der Waals surface area contributed by atoms with Crippen LogP contribution >= 0.6 is 11.3 Å². The van der Waals surface area contributed by atoms with E-state index in [9.17, 15) is 4.21 Å². The van der Waals surface area contributed by atoms with Crippen molar-refractivity contribution in [3.8, 4) is 22.8 Å². The molecule has 3 aromatic carbocycles. The molecule has 5 nitrogen and oxygen atoms in total. The van der Waals surface area contributed by atoms with E-state index in [0.717, 1.165) is 34.1 Å². The average Bonchev–Trinajstić information content (AvgIpc) is 3.40. The zero-order valence-corrected chi connectivity index (χ0v) is 19.1. The highest BCUT2D eigenvalue weighted by Gasteiger charge is 2.14. The van der Waals surface area contributed by atoms with Crippen molar-refractivity contribution >= 4 is 27.1 Å². The summed E-state index contributed by atoms with van der Waals surface area (Å²) in [7, 11) is -1.14. The SMILES string of the molecule is Cc1ccc(Oc2ccc(-c3cn4nc(S(=O)CCc5ccccc5)sc4n3)cc2)cc1. The molecule has 0 radical (unpaired) electrons. The molecular formula is C25H21N3O2S2. The molecule has 2 aromatic heterocycles. The Morgan fingerprint density at radius 2 is 1.62 bits per heavy atom. The van der Waals surface area contributed by atoms with E-state index in [1.807, 2.05) is 72.9 Å². The van der Waals surface area contributed by atoms with Crippen LogP contribution in [0.5, 0.6) is 11.5 Å². The van der Waals surface area contributed by atoms with Crippen molar-refractivity contribution in [3.05, 3.63) is 96.2 Å². The average molecular weight is 460 g/mol. The smallest absolute Gasteiger partial charge is 0.213 e. The molecule has 0 N–H and O–H groups in total. The fourth-order valence-electron chi connectivity index (χ4n) is 3.29.